The van der Waals surface area contributed by atoms with Crippen molar-refractivity contribution in [1.82, 2.24) is 4.90 Å². The van der Waals surface area contributed by atoms with Crippen molar-refractivity contribution in [3.63, 3.8) is 0 Å². The Labute approximate surface area is 103 Å². The van der Waals surface area contributed by atoms with Crippen LogP contribution in [0.2, 0.25) is 0 Å². The summed E-state index contributed by atoms with van der Waals surface area (Å²) in [6.07, 6.45) is 5.07. The van der Waals surface area contributed by atoms with Gasteiger partial charge in [0.25, 0.3) is 0 Å². The Morgan fingerprint density at radius 3 is 3.00 bits per heavy atom. The predicted molar refractivity (Wildman–Crippen MR) is 69.1 cm³/mol. The molecular formula is C15H21NO. The summed E-state index contributed by atoms with van der Waals surface area (Å²) in [4.78, 5) is 2.65. The normalized spacial score (nSPS) is 29.2. The van der Waals surface area contributed by atoms with Crippen LogP contribution in [0, 0.1) is 5.92 Å². The van der Waals surface area contributed by atoms with Crippen LogP contribution in [0.3, 0.4) is 0 Å². The number of hydrogen-bond acceptors (Lipinski definition) is 2. The third kappa shape index (κ3) is 2.06. The molecule has 2 heteroatoms. The summed E-state index contributed by atoms with van der Waals surface area (Å²) in [7, 11) is 0. The average Bonchev–Trinajstić information content (AvgIpc) is 2.71. The highest BCUT2D eigenvalue weighted by Gasteiger charge is 2.30. The number of likely N-dealkylation sites (tertiary alicyclic amines) is 1. The van der Waals surface area contributed by atoms with Gasteiger partial charge < -0.3 is 5.11 Å². The average molecular weight is 231 g/mol. The van der Waals surface area contributed by atoms with Crippen molar-refractivity contribution in [3.05, 3.63) is 29.3 Å². The maximum atomic E-state index is 9.52. The summed E-state index contributed by atoms with van der Waals surface area (Å²) in [6.45, 7) is 4.85. The number of aryl methyl sites for hydroxylation is 1. The van der Waals surface area contributed by atoms with Crippen LogP contribution >= 0.6 is 0 Å². The molecule has 0 amide bonds. The van der Waals surface area contributed by atoms with Crippen LogP contribution in [0.15, 0.2) is 18.2 Å². The van der Waals surface area contributed by atoms with Crippen LogP contribution < -0.4 is 0 Å². The van der Waals surface area contributed by atoms with E-state index in [-0.39, 0.29) is 0 Å². The molecule has 1 aliphatic carbocycles. The Bertz CT molecular complexity index is 415. The molecule has 3 rings (SSSR count). The van der Waals surface area contributed by atoms with Crippen molar-refractivity contribution in [2.45, 2.75) is 38.6 Å². The molecule has 1 N–H and O–H groups in total. The molecule has 17 heavy (non-hydrogen) atoms. The molecule has 1 fully saturated rings. The lowest BCUT2D eigenvalue weighted by Crippen LogP contribution is -2.36. The van der Waals surface area contributed by atoms with E-state index in [4.69, 9.17) is 0 Å². The largest absolute Gasteiger partial charge is 0.508 e. The quantitative estimate of drug-likeness (QED) is 0.802. The van der Waals surface area contributed by atoms with Crippen LogP contribution in [0.25, 0.3) is 0 Å². The molecule has 0 aromatic heterocycles. The van der Waals surface area contributed by atoms with E-state index in [9.17, 15) is 5.11 Å². The van der Waals surface area contributed by atoms with Gasteiger partial charge in [0.1, 0.15) is 5.75 Å². The first-order valence-corrected chi connectivity index (χ1v) is 6.80. The van der Waals surface area contributed by atoms with Crippen molar-refractivity contribution in [2.75, 3.05) is 13.1 Å². The molecule has 0 saturated carbocycles. The van der Waals surface area contributed by atoms with Gasteiger partial charge in [0, 0.05) is 12.6 Å². The Balaban J connectivity index is 1.83. The lowest BCUT2D eigenvalue weighted by Gasteiger charge is -2.36. The number of nitrogens with zero attached hydrogens (tertiary/aromatic N) is 1. The summed E-state index contributed by atoms with van der Waals surface area (Å²) in [5, 5.41) is 9.52. The summed E-state index contributed by atoms with van der Waals surface area (Å²) in [6, 6.07) is 6.52. The second kappa shape index (κ2) is 4.34. The van der Waals surface area contributed by atoms with Crippen LogP contribution in [0.1, 0.15) is 43.4 Å². The molecular weight excluding hydrogens is 210 g/mol. The van der Waals surface area contributed by atoms with Gasteiger partial charge in [-0.3, -0.25) is 4.90 Å². The molecule has 0 bridgehead atoms. The van der Waals surface area contributed by atoms with Gasteiger partial charge >= 0.3 is 0 Å². The van der Waals surface area contributed by atoms with E-state index in [1.54, 1.807) is 0 Å². The number of phenolic OH excluding ortho intramolecular Hbond substituents is 1. The fourth-order valence-corrected chi connectivity index (χ4v) is 3.47. The van der Waals surface area contributed by atoms with Crippen LogP contribution in [-0.2, 0) is 6.42 Å². The first kappa shape index (κ1) is 11.1. The van der Waals surface area contributed by atoms with Gasteiger partial charge in [0.2, 0.25) is 0 Å². The topological polar surface area (TPSA) is 23.5 Å². The number of piperidine rings is 1. The highest BCUT2D eigenvalue weighted by atomic mass is 16.3. The van der Waals surface area contributed by atoms with E-state index in [2.05, 4.69) is 17.9 Å². The maximum Gasteiger partial charge on any atom is 0.115 e. The standard InChI is InChI=1S/C15H21NO/c1-11-3-2-8-16(10-11)15-7-4-12-9-13(17)5-6-14(12)15/h5-6,9,11,15,17H,2-4,7-8,10H2,1H3. The SMILES string of the molecule is CC1CCCN(C2CCc3cc(O)ccc32)C1. The molecule has 1 aromatic rings. The van der Waals surface area contributed by atoms with Crippen molar-refractivity contribution < 1.29 is 5.11 Å². The molecule has 2 atom stereocenters. The zero-order valence-electron chi connectivity index (χ0n) is 10.5. The lowest BCUT2D eigenvalue weighted by molar-refractivity contribution is 0.129. The van der Waals surface area contributed by atoms with E-state index in [0.29, 0.717) is 11.8 Å². The molecule has 1 aliphatic heterocycles. The molecule has 92 valence electrons. The lowest BCUT2D eigenvalue weighted by atomic mass is 9.97. The number of rotatable bonds is 1. The molecule has 0 radical (unpaired) electrons. The first-order valence-electron chi connectivity index (χ1n) is 6.80. The highest BCUT2D eigenvalue weighted by molar-refractivity contribution is 5.40. The van der Waals surface area contributed by atoms with E-state index in [0.717, 1.165) is 12.3 Å². The van der Waals surface area contributed by atoms with Crippen LogP contribution in [0.5, 0.6) is 5.75 Å². The third-order valence-electron chi connectivity index (χ3n) is 4.30. The van der Waals surface area contributed by atoms with Crippen LogP contribution in [-0.4, -0.2) is 23.1 Å². The van der Waals surface area contributed by atoms with E-state index >= 15 is 0 Å². The Hall–Kier alpha value is -1.02. The minimum atomic E-state index is 0.413. The summed E-state index contributed by atoms with van der Waals surface area (Å²) >= 11 is 0. The van der Waals surface area contributed by atoms with Crippen molar-refractivity contribution >= 4 is 0 Å². The summed E-state index contributed by atoms with van der Waals surface area (Å²) < 4.78 is 0. The van der Waals surface area contributed by atoms with Gasteiger partial charge in [-0.15, -0.1) is 0 Å². The Morgan fingerprint density at radius 1 is 1.29 bits per heavy atom. The maximum absolute atomic E-state index is 9.52. The minimum Gasteiger partial charge on any atom is -0.508 e. The number of fused-ring (bicyclic) bond motifs is 1. The van der Waals surface area contributed by atoms with Crippen molar-refractivity contribution in [3.8, 4) is 5.75 Å². The van der Waals surface area contributed by atoms with E-state index in [1.165, 1.54) is 43.5 Å². The van der Waals surface area contributed by atoms with Gasteiger partial charge in [-0.1, -0.05) is 13.0 Å². The number of phenols is 1. The molecule has 2 aliphatic rings. The van der Waals surface area contributed by atoms with Gasteiger partial charge in [0.05, 0.1) is 0 Å². The predicted octanol–water partition coefficient (Wildman–Crippen LogP) is 3.11. The van der Waals surface area contributed by atoms with Crippen molar-refractivity contribution in [1.29, 1.82) is 0 Å². The van der Waals surface area contributed by atoms with Gasteiger partial charge in [-0.25, -0.2) is 0 Å². The fraction of sp³-hybridized carbons (Fsp3) is 0.600. The third-order valence-corrected chi connectivity index (χ3v) is 4.30. The van der Waals surface area contributed by atoms with Gasteiger partial charge in [-0.2, -0.15) is 0 Å². The number of benzene rings is 1. The Kier molecular flexibility index (Phi) is 2.83. The minimum absolute atomic E-state index is 0.413. The van der Waals surface area contributed by atoms with E-state index in [1.807, 2.05) is 12.1 Å². The summed E-state index contributed by atoms with van der Waals surface area (Å²) in [5.74, 6) is 1.25. The molecule has 1 saturated heterocycles. The first-order chi connectivity index (χ1) is 8.24. The summed E-state index contributed by atoms with van der Waals surface area (Å²) in [5.41, 5.74) is 2.81. The zero-order valence-corrected chi connectivity index (χ0v) is 10.5. The zero-order chi connectivity index (χ0) is 11.8. The van der Waals surface area contributed by atoms with Gasteiger partial charge in [-0.05, 0) is 61.4 Å². The Morgan fingerprint density at radius 2 is 2.18 bits per heavy atom. The molecule has 1 heterocycles. The molecule has 2 unspecified atom stereocenters. The second-order valence-corrected chi connectivity index (χ2v) is 5.68. The van der Waals surface area contributed by atoms with Crippen LogP contribution in [0.4, 0.5) is 0 Å². The second-order valence-electron chi connectivity index (χ2n) is 5.68. The monoisotopic (exact) mass is 231 g/mol. The van der Waals surface area contributed by atoms with E-state index < -0.39 is 0 Å². The van der Waals surface area contributed by atoms with Crippen molar-refractivity contribution in [2.24, 2.45) is 5.92 Å². The highest BCUT2D eigenvalue weighted by Crippen LogP contribution is 2.38. The smallest absolute Gasteiger partial charge is 0.115 e. The number of aromatic hydroxyl groups is 1. The molecule has 0 spiro atoms. The number of hydrogen-bond donors (Lipinski definition) is 1. The molecule has 1 aromatic carbocycles. The van der Waals surface area contributed by atoms with Gasteiger partial charge in [0.15, 0.2) is 0 Å². The molecule has 2 nitrogen and oxygen atoms in total. The fourth-order valence-electron chi connectivity index (χ4n) is 3.47.